The number of aryl methyl sites for hydroxylation is 1. The predicted molar refractivity (Wildman–Crippen MR) is 77.0 cm³/mol. The molecule has 0 unspecified atom stereocenters. The van der Waals surface area contributed by atoms with Crippen molar-refractivity contribution in [1.82, 2.24) is 15.5 Å². The second-order valence-corrected chi connectivity index (χ2v) is 4.45. The van der Waals surface area contributed by atoms with E-state index in [2.05, 4.69) is 20.8 Å². The predicted octanol–water partition coefficient (Wildman–Crippen LogP) is 1.51. The van der Waals surface area contributed by atoms with Crippen LogP contribution in [0.4, 0.5) is 5.69 Å². The summed E-state index contributed by atoms with van der Waals surface area (Å²) in [5.74, 6) is 1.64. The summed E-state index contributed by atoms with van der Waals surface area (Å²) in [6.45, 7) is 2.61. The SMILES string of the molecule is CNCCC(=O)Nc1ccc(OCc2nc(C)no2)cc1. The van der Waals surface area contributed by atoms with Crippen molar-refractivity contribution in [2.45, 2.75) is 20.0 Å². The highest BCUT2D eigenvalue weighted by molar-refractivity contribution is 5.90. The number of hydrogen-bond donors (Lipinski definition) is 2. The molecule has 0 radical (unpaired) electrons. The summed E-state index contributed by atoms with van der Waals surface area (Å²) in [4.78, 5) is 15.6. The molecule has 0 fully saturated rings. The molecule has 1 amide bonds. The number of amides is 1. The molecule has 0 atom stereocenters. The van der Waals surface area contributed by atoms with Crippen LogP contribution in [0, 0.1) is 6.92 Å². The highest BCUT2D eigenvalue weighted by atomic mass is 16.5. The molecule has 0 aliphatic rings. The van der Waals surface area contributed by atoms with Gasteiger partial charge in [0.15, 0.2) is 12.4 Å². The molecule has 0 saturated heterocycles. The van der Waals surface area contributed by atoms with Gasteiger partial charge in [0.25, 0.3) is 5.89 Å². The van der Waals surface area contributed by atoms with E-state index in [0.29, 0.717) is 30.4 Å². The molecule has 0 aliphatic heterocycles. The second kappa shape index (κ2) is 7.39. The summed E-state index contributed by atoms with van der Waals surface area (Å²) in [5, 5.41) is 9.41. The largest absolute Gasteiger partial charge is 0.484 e. The minimum absolute atomic E-state index is 0.0284. The summed E-state index contributed by atoms with van der Waals surface area (Å²) in [5.41, 5.74) is 0.733. The number of hydrogen-bond acceptors (Lipinski definition) is 6. The number of anilines is 1. The number of ether oxygens (including phenoxy) is 1. The Morgan fingerprint density at radius 3 is 2.71 bits per heavy atom. The molecule has 0 bridgehead atoms. The Hall–Kier alpha value is -2.41. The Morgan fingerprint density at radius 1 is 1.33 bits per heavy atom. The van der Waals surface area contributed by atoms with Crippen molar-refractivity contribution >= 4 is 11.6 Å². The molecule has 1 aromatic heterocycles. The Labute approximate surface area is 122 Å². The first kappa shape index (κ1) is 15.0. The van der Waals surface area contributed by atoms with Crippen LogP contribution in [0.15, 0.2) is 28.8 Å². The van der Waals surface area contributed by atoms with E-state index in [4.69, 9.17) is 9.26 Å². The van der Waals surface area contributed by atoms with Gasteiger partial charge in [-0.2, -0.15) is 4.98 Å². The van der Waals surface area contributed by atoms with Gasteiger partial charge in [-0.3, -0.25) is 4.79 Å². The third-order valence-electron chi connectivity index (χ3n) is 2.67. The average Bonchev–Trinajstić information content (AvgIpc) is 2.90. The summed E-state index contributed by atoms with van der Waals surface area (Å²) in [6.07, 6.45) is 0.436. The van der Waals surface area contributed by atoms with E-state index >= 15 is 0 Å². The van der Waals surface area contributed by atoms with Crippen molar-refractivity contribution in [3.8, 4) is 5.75 Å². The quantitative estimate of drug-likeness (QED) is 0.803. The van der Waals surface area contributed by atoms with Crippen LogP contribution in [-0.4, -0.2) is 29.6 Å². The smallest absolute Gasteiger partial charge is 0.264 e. The van der Waals surface area contributed by atoms with Crippen LogP contribution >= 0.6 is 0 Å². The van der Waals surface area contributed by atoms with Crippen LogP contribution in [0.5, 0.6) is 5.75 Å². The lowest BCUT2D eigenvalue weighted by atomic mass is 10.3. The summed E-state index contributed by atoms with van der Waals surface area (Å²) < 4.78 is 10.5. The lowest BCUT2D eigenvalue weighted by molar-refractivity contribution is -0.116. The third kappa shape index (κ3) is 4.88. The van der Waals surface area contributed by atoms with Crippen LogP contribution in [0.25, 0.3) is 0 Å². The van der Waals surface area contributed by atoms with Gasteiger partial charge in [-0.25, -0.2) is 0 Å². The lowest BCUT2D eigenvalue weighted by Gasteiger charge is -2.07. The molecule has 1 heterocycles. The fraction of sp³-hybridized carbons (Fsp3) is 0.357. The molecule has 0 aliphatic carbocycles. The van der Waals surface area contributed by atoms with Gasteiger partial charge in [0.1, 0.15) is 5.75 Å². The molecule has 2 rings (SSSR count). The minimum Gasteiger partial charge on any atom is -0.484 e. The van der Waals surface area contributed by atoms with Gasteiger partial charge in [0.05, 0.1) is 0 Å². The molecule has 2 N–H and O–H groups in total. The first-order valence-electron chi connectivity index (χ1n) is 6.64. The van der Waals surface area contributed by atoms with E-state index in [1.807, 2.05) is 7.05 Å². The number of nitrogens with zero attached hydrogens (tertiary/aromatic N) is 2. The van der Waals surface area contributed by atoms with E-state index in [1.165, 1.54) is 0 Å². The van der Waals surface area contributed by atoms with Crippen molar-refractivity contribution in [1.29, 1.82) is 0 Å². The Morgan fingerprint density at radius 2 is 2.10 bits per heavy atom. The van der Waals surface area contributed by atoms with Crippen molar-refractivity contribution < 1.29 is 14.1 Å². The number of aromatic nitrogens is 2. The highest BCUT2D eigenvalue weighted by Crippen LogP contribution is 2.17. The first-order chi connectivity index (χ1) is 10.2. The van der Waals surface area contributed by atoms with Gasteiger partial charge in [0.2, 0.25) is 5.91 Å². The minimum atomic E-state index is -0.0284. The first-order valence-corrected chi connectivity index (χ1v) is 6.64. The molecule has 0 spiro atoms. The molecular weight excluding hydrogens is 272 g/mol. The van der Waals surface area contributed by atoms with Crippen LogP contribution in [0.3, 0.4) is 0 Å². The van der Waals surface area contributed by atoms with Crippen molar-refractivity contribution in [2.24, 2.45) is 0 Å². The fourth-order valence-corrected chi connectivity index (χ4v) is 1.64. The Balaban J connectivity index is 1.82. The average molecular weight is 290 g/mol. The van der Waals surface area contributed by atoms with E-state index in [-0.39, 0.29) is 12.5 Å². The summed E-state index contributed by atoms with van der Waals surface area (Å²) in [7, 11) is 1.81. The number of carbonyl (C=O) groups excluding carboxylic acids is 1. The van der Waals surface area contributed by atoms with Gasteiger partial charge in [-0.15, -0.1) is 0 Å². The monoisotopic (exact) mass is 290 g/mol. The van der Waals surface area contributed by atoms with Crippen molar-refractivity contribution in [3.63, 3.8) is 0 Å². The van der Waals surface area contributed by atoms with Crippen LogP contribution in [-0.2, 0) is 11.4 Å². The molecule has 0 saturated carbocycles. The lowest BCUT2D eigenvalue weighted by Crippen LogP contribution is -2.18. The number of benzene rings is 1. The second-order valence-electron chi connectivity index (χ2n) is 4.45. The Kier molecular flexibility index (Phi) is 5.28. The molecule has 21 heavy (non-hydrogen) atoms. The highest BCUT2D eigenvalue weighted by Gasteiger charge is 2.05. The normalized spacial score (nSPS) is 10.4. The number of nitrogens with one attached hydrogen (secondary N) is 2. The van der Waals surface area contributed by atoms with Gasteiger partial charge in [-0.05, 0) is 38.2 Å². The number of carbonyl (C=O) groups is 1. The van der Waals surface area contributed by atoms with Crippen LogP contribution < -0.4 is 15.4 Å². The molecule has 7 nitrogen and oxygen atoms in total. The zero-order valence-corrected chi connectivity index (χ0v) is 12.0. The van der Waals surface area contributed by atoms with E-state index in [0.717, 1.165) is 5.69 Å². The zero-order valence-electron chi connectivity index (χ0n) is 12.0. The van der Waals surface area contributed by atoms with E-state index in [1.54, 1.807) is 31.2 Å². The van der Waals surface area contributed by atoms with Gasteiger partial charge < -0.3 is 19.9 Å². The third-order valence-corrected chi connectivity index (χ3v) is 2.67. The van der Waals surface area contributed by atoms with E-state index in [9.17, 15) is 4.79 Å². The topological polar surface area (TPSA) is 89.3 Å². The Bertz CT molecular complexity index is 580. The zero-order chi connectivity index (χ0) is 15.1. The molecule has 112 valence electrons. The molecule has 2 aromatic rings. The molecule has 1 aromatic carbocycles. The summed E-state index contributed by atoms with van der Waals surface area (Å²) in [6, 6.07) is 7.12. The van der Waals surface area contributed by atoms with Gasteiger partial charge in [-0.1, -0.05) is 5.16 Å². The van der Waals surface area contributed by atoms with Crippen LogP contribution in [0.1, 0.15) is 18.1 Å². The fourth-order valence-electron chi connectivity index (χ4n) is 1.64. The molecular formula is C14H18N4O3. The van der Waals surface area contributed by atoms with Gasteiger partial charge in [0, 0.05) is 18.7 Å². The maximum atomic E-state index is 11.6. The maximum Gasteiger partial charge on any atom is 0.264 e. The molecule has 7 heteroatoms. The van der Waals surface area contributed by atoms with Gasteiger partial charge >= 0.3 is 0 Å². The van der Waals surface area contributed by atoms with Crippen molar-refractivity contribution in [3.05, 3.63) is 36.0 Å². The van der Waals surface area contributed by atoms with Crippen LogP contribution in [0.2, 0.25) is 0 Å². The van der Waals surface area contributed by atoms with Crippen molar-refractivity contribution in [2.75, 3.05) is 18.9 Å². The standard InChI is InChI=1S/C14H18N4O3/c1-10-16-14(21-18-10)9-20-12-5-3-11(4-6-12)17-13(19)7-8-15-2/h3-6,15H,7-9H2,1-2H3,(H,17,19). The number of rotatable bonds is 7. The maximum absolute atomic E-state index is 11.6. The van der Waals surface area contributed by atoms with E-state index < -0.39 is 0 Å². The summed E-state index contributed by atoms with van der Waals surface area (Å²) >= 11 is 0.